The minimum atomic E-state index is -0.322. The van der Waals surface area contributed by atoms with Crippen LogP contribution in [0, 0.1) is 0 Å². The van der Waals surface area contributed by atoms with Crippen molar-refractivity contribution in [1.82, 2.24) is 5.32 Å². The summed E-state index contributed by atoms with van der Waals surface area (Å²) in [6.45, 7) is 0. The standard InChI is InChI=1S/C15H19ClN2O3/c1-20-13-8-12(14(21-2)7-11(13)16)18-15(19)17-9-10-5-3-4-6-10/h7-9H,3-6H2,1-2H3,(H2,17,18,19). The number of amides is 2. The summed E-state index contributed by atoms with van der Waals surface area (Å²) in [5.74, 6) is 0.950. The topological polar surface area (TPSA) is 59.6 Å². The number of hydrogen-bond acceptors (Lipinski definition) is 3. The Morgan fingerprint density at radius 1 is 1.19 bits per heavy atom. The van der Waals surface area contributed by atoms with Crippen molar-refractivity contribution in [2.24, 2.45) is 0 Å². The molecular formula is C15H19ClN2O3. The van der Waals surface area contributed by atoms with Crippen LogP contribution < -0.4 is 20.1 Å². The Morgan fingerprint density at radius 3 is 2.48 bits per heavy atom. The SMILES string of the molecule is COc1cc(NC(=O)NC=C2CCCC2)c(OC)cc1Cl. The van der Waals surface area contributed by atoms with Crippen molar-refractivity contribution < 1.29 is 14.3 Å². The molecule has 1 aliphatic rings. The molecule has 21 heavy (non-hydrogen) atoms. The van der Waals surface area contributed by atoms with E-state index >= 15 is 0 Å². The van der Waals surface area contributed by atoms with E-state index in [-0.39, 0.29) is 6.03 Å². The Morgan fingerprint density at radius 2 is 1.86 bits per heavy atom. The fourth-order valence-electron chi connectivity index (χ4n) is 2.26. The average molecular weight is 311 g/mol. The van der Waals surface area contributed by atoms with Crippen molar-refractivity contribution in [1.29, 1.82) is 0 Å². The summed E-state index contributed by atoms with van der Waals surface area (Å²) >= 11 is 6.02. The second-order valence-corrected chi connectivity index (χ2v) is 5.20. The molecule has 0 aliphatic heterocycles. The van der Waals surface area contributed by atoms with E-state index in [0.717, 1.165) is 12.8 Å². The largest absolute Gasteiger partial charge is 0.495 e. The molecule has 114 valence electrons. The lowest BCUT2D eigenvalue weighted by Gasteiger charge is -2.13. The number of rotatable bonds is 4. The third-order valence-corrected chi connectivity index (χ3v) is 3.67. The fraction of sp³-hybridized carbons (Fsp3) is 0.400. The van der Waals surface area contributed by atoms with E-state index in [1.54, 1.807) is 18.3 Å². The van der Waals surface area contributed by atoms with Crippen molar-refractivity contribution in [3.63, 3.8) is 0 Å². The smallest absolute Gasteiger partial charge is 0.323 e. The summed E-state index contributed by atoms with van der Waals surface area (Å²) in [5.41, 5.74) is 1.77. The number of halogens is 1. The first-order valence-electron chi connectivity index (χ1n) is 6.81. The van der Waals surface area contributed by atoms with Crippen LogP contribution in [0.25, 0.3) is 0 Å². The van der Waals surface area contributed by atoms with Gasteiger partial charge in [-0.2, -0.15) is 0 Å². The number of urea groups is 1. The van der Waals surface area contributed by atoms with Crippen LogP contribution in [0.3, 0.4) is 0 Å². The zero-order valence-corrected chi connectivity index (χ0v) is 12.9. The van der Waals surface area contributed by atoms with Gasteiger partial charge in [-0.25, -0.2) is 4.79 Å². The highest BCUT2D eigenvalue weighted by molar-refractivity contribution is 6.32. The highest BCUT2D eigenvalue weighted by Gasteiger charge is 2.12. The number of carbonyl (C=O) groups excluding carboxylic acids is 1. The van der Waals surface area contributed by atoms with Crippen molar-refractivity contribution >= 4 is 23.3 Å². The van der Waals surface area contributed by atoms with Crippen LogP contribution >= 0.6 is 11.6 Å². The third kappa shape index (κ3) is 4.04. The lowest BCUT2D eigenvalue weighted by atomic mass is 10.2. The summed E-state index contributed by atoms with van der Waals surface area (Å²) in [4.78, 5) is 11.9. The van der Waals surface area contributed by atoms with Gasteiger partial charge in [-0.3, -0.25) is 0 Å². The molecule has 2 amide bonds. The summed E-state index contributed by atoms with van der Waals surface area (Å²) in [7, 11) is 3.03. The molecule has 0 atom stereocenters. The lowest BCUT2D eigenvalue weighted by molar-refractivity contribution is 0.255. The molecule has 1 fully saturated rings. The molecular weight excluding hydrogens is 292 g/mol. The zero-order valence-electron chi connectivity index (χ0n) is 12.2. The number of nitrogens with one attached hydrogen (secondary N) is 2. The van der Waals surface area contributed by atoms with E-state index < -0.39 is 0 Å². The van der Waals surface area contributed by atoms with Gasteiger partial charge in [0, 0.05) is 18.3 Å². The maximum absolute atomic E-state index is 11.9. The van der Waals surface area contributed by atoms with Crippen molar-refractivity contribution in [3.8, 4) is 11.5 Å². The van der Waals surface area contributed by atoms with Crippen LogP contribution in [-0.2, 0) is 0 Å². The molecule has 0 aromatic heterocycles. The van der Waals surface area contributed by atoms with Gasteiger partial charge in [0.1, 0.15) is 11.5 Å². The van der Waals surface area contributed by atoms with E-state index in [2.05, 4.69) is 10.6 Å². The first-order valence-corrected chi connectivity index (χ1v) is 7.18. The van der Waals surface area contributed by atoms with Gasteiger partial charge in [-0.05, 0) is 25.7 Å². The van der Waals surface area contributed by atoms with E-state index in [0.29, 0.717) is 22.2 Å². The molecule has 0 heterocycles. The molecule has 0 radical (unpaired) electrons. The Labute approximate surface area is 129 Å². The van der Waals surface area contributed by atoms with E-state index in [9.17, 15) is 4.79 Å². The monoisotopic (exact) mass is 310 g/mol. The zero-order chi connectivity index (χ0) is 15.2. The van der Waals surface area contributed by atoms with Gasteiger partial charge >= 0.3 is 6.03 Å². The van der Waals surface area contributed by atoms with Gasteiger partial charge in [0.2, 0.25) is 0 Å². The summed E-state index contributed by atoms with van der Waals surface area (Å²) in [5, 5.41) is 5.89. The first kappa shape index (κ1) is 15.5. The number of methoxy groups -OCH3 is 2. The Hall–Kier alpha value is -1.88. The quantitative estimate of drug-likeness (QED) is 0.885. The van der Waals surface area contributed by atoms with Crippen molar-refractivity contribution in [2.75, 3.05) is 19.5 Å². The highest BCUT2D eigenvalue weighted by Crippen LogP contribution is 2.35. The number of carbonyl (C=O) groups is 1. The van der Waals surface area contributed by atoms with Gasteiger partial charge in [0.25, 0.3) is 0 Å². The Kier molecular flexibility index (Phi) is 5.33. The summed E-state index contributed by atoms with van der Waals surface area (Å²) in [6, 6.07) is 2.91. The van der Waals surface area contributed by atoms with Crippen LogP contribution in [0.5, 0.6) is 11.5 Å². The summed E-state index contributed by atoms with van der Waals surface area (Å²) in [6.07, 6.45) is 6.27. The van der Waals surface area contributed by atoms with Crippen LogP contribution in [0.2, 0.25) is 5.02 Å². The average Bonchev–Trinajstić information content (AvgIpc) is 2.99. The molecule has 1 saturated carbocycles. The predicted molar refractivity (Wildman–Crippen MR) is 83.3 cm³/mol. The lowest BCUT2D eigenvalue weighted by Crippen LogP contribution is -2.24. The van der Waals surface area contributed by atoms with Gasteiger partial charge in [0.05, 0.1) is 24.9 Å². The Bertz CT molecular complexity index is 550. The maximum Gasteiger partial charge on any atom is 0.323 e. The molecule has 1 aliphatic carbocycles. The van der Waals surface area contributed by atoms with Gasteiger partial charge in [0.15, 0.2) is 0 Å². The molecule has 1 aromatic carbocycles. The van der Waals surface area contributed by atoms with Crippen molar-refractivity contribution in [2.45, 2.75) is 25.7 Å². The number of hydrogen-bond donors (Lipinski definition) is 2. The minimum absolute atomic E-state index is 0.322. The normalized spacial score (nSPS) is 13.8. The molecule has 1 aromatic rings. The van der Waals surface area contributed by atoms with Crippen LogP contribution in [-0.4, -0.2) is 20.3 Å². The molecule has 6 heteroatoms. The predicted octanol–water partition coefficient (Wildman–Crippen LogP) is 3.94. The first-order chi connectivity index (χ1) is 10.1. The van der Waals surface area contributed by atoms with Gasteiger partial charge in [-0.1, -0.05) is 17.2 Å². The van der Waals surface area contributed by atoms with Crippen LogP contribution in [0.1, 0.15) is 25.7 Å². The molecule has 0 unspecified atom stereocenters. The number of ether oxygens (including phenoxy) is 2. The van der Waals surface area contributed by atoms with Crippen LogP contribution in [0.4, 0.5) is 10.5 Å². The van der Waals surface area contributed by atoms with Gasteiger partial charge < -0.3 is 20.1 Å². The third-order valence-electron chi connectivity index (χ3n) is 3.38. The highest BCUT2D eigenvalue weighted by atomic mass is 35.5. The van der Waals surface area contributed by atoms with E-state index in [4.69, 9.17) is 21.1 Å². The second kappa shape index (κ2) is 7.22. The summed E-state index contributed by atoms with van der Waals surface area (Å²) < 4.78 is 10.3. The molecule has 5 nitrogen and oxygen atoms in total. The van der Waals surface area contributed by atoms with Crippen LogP contribution in [0.15, 0.2) is 23.9 Å². The van der Waals surface area contributed by atoms with Crippen molar-refractivity contribution in [3.05, 3.63) is 28.9 Å². The molecule has 0 saturated heterocycles. The number of anilines is 1. The Balaban J connectivity index is 2.07. The molecule has 2 rings (SSSR count). The fourth-order valence-corrected chi connectivity index (χ4v) is 2.49. The van der Waals surface area contributed by atoms with E-state index in [1.165, 1.54) is 32.6 Å². The second-order valence-electron chi connectivity index (χ2n) is 4.80. The number of allylic oxidation sites excluding steroid dienone is 1. The minimum Gasteiger partial charge on any atom is -0.495 e. The number of benzene rings is 1. The molecule has 0 bridgehead atoms. The molecule has 2 N–H and O–H groups in total. The maximum atomic E-state index is 11.9. The van der Waals surface area contributed by atoms with E-state index in [1.807, 2.05) is 0 Å². The van der Waals surface area contributed by atoms with Gasteiger partial charge in [-0.15, -0.1) is 0 Å². The molecule has 0 spiro atoms.